The summed E-state index contributed by atoms with van der Waals surface area (Å²) in [6.45, 7) is 6.41. The van der Waals surface area contributed by atoms with Crippen molar-refractivity contribution in [2.75, 3.05) is 6.61 Å². The summed E-state index contributed by atoms with van der Waals surface area (Å²) >= 11 is 5.93. The van der Waals surface area contributed by atoms with Crippen molar-refractivity contribution >= 4 is 29.6 Å². The molecule has 0 radical (unpaired) electrons. The molecule has 0 saturated carbocycles. The van der Waals surface area contributed by atoms with Gasteiger partial charge < -0.3 is 10.1 Å². The van der Waals surface area contributed by atoms with Gasteiger partial charge in [0.05, 0.1) is 12.8 Å². The molecular weight excluding hydrogens is 390 g/mol. The van der Waals surface area contributed by atoms with Crippen molar-refractivity contribution in [1.29, 1.82) is 0 Å². The van der Waals surface area contributed by atoms with Crippen molar-refractivity contribution in [3.63, 3.8) is 0 Å². The lowest BCUT2D eigenvalue weighted by atomic mass is 10.0. The van der Waals surface area contributed by atoms with E-state index in [0.29, 0.717) is 17.2 Å². The summed E-state index contributed by atoms with van der Waals surface area (Å²) in [6.07, 6.45) is 2.48. The van der Waals surface area contributed by atoms with E-state index in [2.05, 4.69) is 15.8 Å². The zero-order valence-electron chi connectivity index (χ0n) is 16.8. The maximum absolute atomic E-state index is 12.5. The van der Waals surface area contributed by atoms with Gasteiger partial charge in [-0.1, -0.05) is 38.4 Å². The van der Waals surface area contributed by atoms with Gasteiger partial charge in [-0.15, -0.1) is 0 Å². The number of nitrogens with zero attached hydrogens (tertiary/aromatic N) is 1. The molecule has 2 aromatic rings. The monoisotopic (exact) mass is 415 g/mol. The van der Waals surface area contributed by atoms with Crippen LogP contribution in [0.25, 0.3) is 0 Å². The Bertz CT molecular complexity index is 851. The largest absolute Gasteiger partial charge is 0.494 e. The standard InChI is InChI=1S/C22H26ClN3O3/c1-4-12-29-19-10-8-16(9-11-19)14-24-26-22(28)20(15(2)3)25-21(27)17-6-5-7-18(23)13-17/h5-11,13-15,20H,4,12H2,1-3H3,(H,25,27)(H,26,28). The minimum absolute atomic E-state index is 0.122. The van der Waals surface area contributed by atoms with E-state index in [4.69, 9.17) is 16.3 Å². The number of rotatable bonds is 9. The van der Waals surface area contributed by atoms with Crippen molar-refractivity contribution in [3.05, 3.63) is 64.7 Å². The maximum Gasteiger partial charge on any atom is 0.262 e. The third kappa shape index (κ3) is 7.23. The number of nitrogens with one attached hydrogen (secondary N) is 2. The van der Waals surface area contributed by atoms with E-state index in [0.717, 1.165) is 17.7 Å². The Morgan fingerprint density at radius 1 is 1.17 bits per heavy atom. The Morgan fingerprint density at radius 3 is 2.52 bits per heavy atom. The smallest absolute Gasteiger partial charge is 0.262 e. The van der Waals surface area contributed by atoms with Crippen LogP contribution < -0.4 is 15.5 Å². The van der Waals surface area contributed by atoms with E-state index in [9.17, 15) is 9.59 Å². The van der Waals surface area contributed by atoms with Gasteiger partial charge in [0.25, 0.3) is 11.8 Å². The van der Waals surface area contributed by atoms with Gasteiger partial charge >= 0.3 is 0 Å². The summed E-state index contributed by atoms with van der Waals surface area (Å²) in [5, 5.41) is 7.19. The molecule has 0 bridgehead atoms. The summed E-state index contributed by atoms with van der Waals surface area (Å²) in [4.78, 5) is 24.9. The molecule has 0 spiro atoms. The third-order valence-electron chi connectivity index (χ3n) is 4.06. The molecule has 2 aromatic carbocycles. The quantitative estimate of drug-likeness (QED) is 0.479. The molecule has 7 heteroatoms. The zero-order chi connectivity index (χ0) is 21.2. The second-order valence-electron chi connectivity index (χ2n) is 6.86. The molecule has 0 saturated heterocycles. The van der Waals surface area contributed by atoms with Gasteiger partial charge in [0.1, 0.15) is 11.8 Å². The molecule has 0 aliphatic heterocycles. The molecule has 1 atom stereocenters. The molecule has 0 aliphatic rings. The number of ether oxygens (including phenoxy) is 1. The van der Waals surface area contributed by atoms with Gasteiger partial charge in [-0.05, 0) is 60.4 Å². The second kappa shape index (κ2) is 11.2. The van der Waals surface area contributed by atoms with Crippen molar-refractivity contribution in [3.8, 4) is 5.75 Å². The highest BCUT2D eigenvalue weighted by atomic mass is 35.5. The summed E-state index contributed by atoms with van der Waals surface area (Å²) in [7, 11) is 0. The van der Waals surface area contributed by atoms with Crippen LogP contribution in [0.4, 0.5) is 0 Å². The van der Waals surface area contributed by atoms with Gasteiger partial charge in [0.2, 0.25) is 0 Å². The molecule has 2 amide bonds. The van der Waals surface area contributed by atoms with Gasteiger partial charge in [0, 0.05) is 10.6 Å². The summed E-state index contributed by atoms with van der Waals surface area (Å²) in [5.74, 6) is -0.0949. The predicted octanol–water partition coefficient (Wildman–Crippen LogP) is 4.03. The highest BCUT2D eigenvalue weighted by Crippen LogP contribution is 2.12. The van der Waals surface area contributed by atoms with Crippen LogP contribution in [-0.4, -0.2) is 30.7 Å². The lowest BCUT2D eigenvalue weighted by Gasteiger charge is -2.20. The molecule has 6 nitrogen and oxygen atoms in total. The molecule has 2 rings (SSSR count). The first kappa shape index (κ1) is 22.4. The molecule has 154 valence electrons. The van der Waals surface area contributed by atoms with Crippen molar-refractivity contribution < 1.29 is 14.3 Å². The van der Waals surface area contributed by atoms with Gasteiger partial charge in [0.15, 0.2) is 0 Å². The number of hydrogen-bond donors (Lipinski definition) is 2. The zero-order valence-corrected chi connectivity index (χ0v) is 17.6. The number of hydrazone groups is 1. The lowest BCUT2D eigenvalue weighted by molar-refractivity contribution is -0.123. The Balaban J connectivity index is 1.95. The van der Waals surface area contributed by atoms with E-state index in [1.807, 2.05) is 45.0 Å². The molecule has 0 aromatic heterocycles. The molecule has 29 heavy (non-hydrogen) atoms. The third-order valence-corrected chi connectivity index (χ3v) is 4.30. The van der Waals surface area contributed by atoms with Gasteiger partial charge in [-0.2, -0.15) is 5.10 Å². The van der Waals surface area contributed by atoms with E-state index in [1.165, 1.54) is 6.21 Å². The van der Waals surface area contributed by atoms with Crippen LogP contribution in [0.15, 0.2) is 53.6 Å². The molecule has 1 unspecified atom stereocenters. The van der Waals surface area contributed by atoms with Crippen LogP contribution in [-0.2, 0) is 4.79 Å². The normalized spacial score (nSPS) is 12.0. The Kier molecular flexibility index (Phi) is 8.68. The number of amides is 2. The minimum Gasteiger partial charge on any atom is -0.494 e. The average Bonchev–Trinajstić information content (AvgIpc) is 2.70. The summed E-state index contributed by atoms with van der Waals surface area (Å²) in [6, 6.07) is 13.2. The molecule has 0 aliphatic carbocycles. The van der Waals surface area contributed by atoms with Crippen LogP contribution in [0.3, 0.4) is 0 Å². The topological polar surface area (TPSA) is 79.8 Å². The number of hydrogen-bond acceptors (Lipinski definition) is 4. The average molecular weight is 416 g/mol. The fourth-order valence-corrected chi connectivity index (χ4v) is 2.69. The maximum atomic E-state index is 12.5. The van der Waals surface area contributed by atoms with Crippen molar-refractivity contribution in [2.24, 2.45) is 11.0 Å². The lowest BCUT2D eigenvalue weighted by Crippen LogP contribution is -2.48. The van der Waals surface area contributed by atoms with E-state index < -0.39 is 11.9 Å². The fraction of sp³-hybridized carbons (Fsp3) is 0.318. The van der Waals surface area contributed by atoms with Crippen molar-refractivity contribution in [2.45, 2.75) is 33.2 Å². The molecule has 0 heterocycles. The highest BCUT2D eigenvalue weighted by molar-refractivity contribution is 6.31. The number of carbonyl (C=O) groups excluding carboxylic acids is 2. The van der Waals surface area contributed by atoms with Gasteiger partial charge in [-0.3, -0.25) is 9.59 Å². The Labute approximate surface area is 176 Å². The number of benzene rings is 2. The van der Waals surface area contributed by atoms with Crippen LogP contribution in [0, 0.1) is 5.92 Å². The molecular formula is C22H26ClN3O3. The number of carbonyl (C=O) groups is 2. The summed E-state index contributed by atoms with van der Waals surface area (Å²) < 4.78 is 5.53. The predicted molar refractivity (Wildman–Crippen MR) is 116 cm³/mol. The first-order valence-corrected chi connectivity index (χ1v) is 9.90. The van der Waals surface area contributed by atoms with Crippen LogP contribution in [0.5, 0.6) is 5.75 Å². The van der Waals surface area contributed by atoms with Crippen molar-refractivity contribution in [1.82, 2.24) is 10.7 Å². The Hall–Kier alpha value is -2.86. The first-order valence-electron chi connectivity index (χ1n) is 9.53. The van der Waals surface area contributed by atoms with Gasteiger partial charge in [-0.25, -0.2) is 5.43 Å². The number of halogens is 1. The van der Waals surface area contributed by atoms with Crippen LogP contribution in [0.2, 0.25) is 5.02 Å². The Morgan fingerprint density at radius 2 is 1.90 bits per heavy atom. The molecule has 0 fully saturated rings. The van der Waals surface area contributed by atoms with E-state index in [-0.39, 0.29) is 11.8 Å². The summed E-state index contributed by atoms with van der Waals surface area (Å²) in [5.41, 5.74) is 3.70. The van der Waals surface area contributed by atoms with Crippen LogP contribution >= 0.6 is 11.6 Å². The van der Waals surface area contributed by atoms with E-state index in [1.54, 1.807) is 24.3 Å². The fourth-order valence-electron chi connectivity index (χ4n) is 2.50. The first-order chi connectivity index (χ1) is 13.9. The minimum atomic E-state index is -0.733. The second-order valence-corrected chi connectivity index (χ2v) is 7.29. The van der Waals surface area contributed by atoms with E-state index >= 15 is 0 Å². The SMILES string of the molecule is CCCOc1ccc(C=NNC(=O)C(NC(=O)c2cccc(Cl)c2)C(C)C)cc1. The molecule has 2 N–H and O–H groups in total. The van der Waals surface area contributed by atoms with Crippen LogP contribution in [0.1, 0.15) is 43.1 Å². The highest BCUT2D eigenvalue weighted by Gasteiger charge is 2.24.